The zero-order valence-corrected chi connectivity index (χ0v) is 5.17. The zero-order chi connectivity index (χ0) is 6.10. The predicted molar refractivity (Wildman–Crippen MR) is 32.1 cm³/mol. The van der Waals surface area contributed by atoms with Gasteiger partial charge in [0, 0.05) is 5.38 Å². The van der Waals surface area contributed by atoms with Gasteiger partial charge in [0.25, 0.3) is 0 Å². The molecule has 0 saturated carbocycles. The van der Waals surface area contributed by atoms with Gasteiger partial charge in [-0.05, 0) is 11.5 Å². The second-order valence-electron chi connectivity index (χ2n) is 1.49. The first-order valence-electron chi connectivity index (χ1n) is 2.34. The normalized spacial score (nSPS) is 10.2. The number of nitrogens with zero attached hydrogens (tertiary/aromatic N) is 4. The summed E-state index contributed by atoms with van der Waals surface area (Å²) < 4.78 is 3.67. The van der Waals surface area contributed by atoms with Gasteiger partial charge in [-0.1, -0.05) is 4.49 Å². The Morgan fingerprint density at radius 2 is 2.33 bits per heavy atom. The predicted octanol–water partition coefficient (Wildman–Crippen LogP) is 0.433. The van der Waals surface area contributed by atoms with Crippen LogP contribution in [0.5, 0.6) is 0 Å². The van der Waals surface area contributed by atoms with E-state index in [0.29, 0.717) is 5.82 Å². The van der Waals surface area contributed by atoms with E-state index in [-0.39, 0.29) is 0 Å². The second kappa shape index (κ2) is 1.70. The zero-order valence-electron chi connectivity index (χ0n) is 4.35. The van der Waals surface area contributed by atoms with E-state index < -0.39 is 0 Å². The van der Waals surface area contributed by atoms with Crippen molar-refractivity contribution in [3.63, 3.8) is 0 Å². The lowest BCUT2D eigenvalue weighted by Crippen LogP contribution is -1.82. The van der Waals surface area contributed by atoms with Crippen molar-refractivity contribution in [3.8, 4) is 11.5 Å². The molecular weight excluding hydrogens is 136 g/mol. The number of imidazole rings is 1. The highest BCUT2D eigenvalue weighted by molar-refractivity contribution is 7.03. The van der Waals surface area contributed by atoms with Gasteiger partial charge in [-0.15, -0.1) is 5.10 Å². The molecule has 0 aromatic carbocycles. The number of rotatable bonds is 0. The quantitative estimate of drug-likeness (QED) is 0.529. The largest absolute Gasteiger partial charge is 0.232 e. The smallest absolute Gasteiger partial charge is 0.203 e. The van der Waals surface area contributed by atoms with Gasteiger partial charge in [0.1, 0.15) is 12.0 Å². The van der Waals surface area contributed by atoms with Crippen LogP contribution in [0.25, 0.3) is 11.5 Å². The summed E-state index contributed by atoms with van der Waals surface area (Å²) in [6.07, 6.45) is 1.48. The lowest BCUT2D eigenvalue weighted by Gasteiger charge is -1.84. The summed E-state index contributed by atoms with van der Waals surface area (Å²) in [5.74, 6) is 0.619. The molecule has 0 aromatic rings. The number of fused-ring (bicyclic) bond motifs is 1. The minimum absolute atomic E-state index is 0.619. The highest BCUT2D eigenvalue weighted by Gasteiger charge is 2.03. The fourth-order valence-electron chi connectivity index (χ4n) is 0.566. The van der Waals surface area contributed by atoms with E-state index in [1.54, 1.807) is 0 Å². The fraction of sp³-hybridized carbons (Fsp3) is 0. The molecule has 2 heterocycles. The van der Waals surface area contributed by atoms with Crippen molar-refractivity contribution in [3.05, 3.63) is 11.7 Å². The average Bonchev–Trinajstić information content (AvgIpc) is 2.33. The Labute approximate surface area is 55.1 Å². The van der Waals surface area contributed by atoms with Gasteiger partial charge in [0.2, 0.25) is 5.82 Å². The second-order valence-corrected chi connectivity index (χ2v) is 2.10. The number of hydrogen-bond acceptors (Lipinski definition) is 5. The highest BCUT2D eigenvalue weighted by atomic mass is 32.1. The van der Waals surface area contributed by atoms with Crippen LogP contribution in [0.3, 0.4) is 0 Å². The van der Waals surface area contributed by atoms with E-state index in [9.17, 15) is 0 Å². The molecule has 44 valence electrons. The summed E-state index contributed by atoms with van der Waals surface area (Å²) in [6.45, 7) is 0. The van der Waals surface area contributed by atoms with Gasteiger partial charge in [-0.3, -0.25) is 0 Å². The van der Waals surface area contributed by atoms with E-state index in [4.69, 9.17) is 0 Å². The molecule has 0 aliphatic carbocycles. The monoisotopic (exact) mass is 138 g/mol. The molecule has 2 aliphatic heterocycles. The van der Waals surface area contributed by atoms with Gasteiger partial charge < -0.3 is 0 Å². The molecular formula is C4H2N4S. The van der Waals surface area contributed by atoms with E-state index in [2.05, 4.69) is 19.6 Å². The molecule has 5 heteroatoms. The molecule has 0 radical (unpaired) electrons. The Hall–Kier alpha value is -1.10. The van der Waals surface area contributed by atoms with Crippen molar-refractivity contribution in [1.29, 1.82) is 0 Å². The van der Waals surface area contributed by atoms with Crippen molar-refractivity contribution in [2.24, 2.45) is 0 Å². The van der Waals surface area contributed by atoms with Gasteiger partial charge in [0.15, 0.2) is 0 Å². The van der Waals surface area contributed by atoms with Crippen LogP contribution in [-0.2, 0) is 0 Å². The summed E-state index contributed by atoms with van der Waals surface area (Å²) in [4.78, 5) is 7.76. The molecule has 2 aliphatic rings. The standard InChI is InChI=1S/C4H2N4S/c1-3-4(6-2-5-3)7-8-9-1/h1-2H. The molecule has 0 N–H and O–H groups in total. The van der Waals surface area contributed by atoms with Gasteiger partial charge >= 0.3 is 0 Å². The summed E-state index contributed by atoms with van der Waals surface area (Å²) in [5.41, 5.74) is 0.815. The molecule has 0 spiro atoms. The van der Waals surface area contributed by atoms with Crippen molar-refractivity contribution in [2.75, 3.05) is 0 Å². The number of hydrogen-bond donors (Lipinski definition) is 0. The maximum atomic E-state index is 3.92. The van der Waals surface area contributed by atoms with Crippen LogP contribution in [0.4, 0.5) is 0 Å². The summed E-state index contributed by atoms with van der Waals surface area (Å²) in [5, 5.41) is 5.55. The lowest BCUT2D eigenvalue weighted by molar-refractivity contribution is 1.09. The Morgan fingerprint density at radius 1 is 1.33 bits per heavy atom. The first-order chi connectivity index (χ1) is 4.47. The topological polar surface area (TPSA) is 51.6 Å². The lowest BCUT2D eigenvalue weighted by atomic mass is 10.5. The Morgan fingerprint density at radius 3 is 3.22 bits per heavy atom. The van der Waals surface area contributed by atoms with E-state index in [0.717, 1.165) is 5.69 Å². The van der Waals surface area contributed by atoms with Crippen LogP contribution >= 0.6 is 11.5 Å². The van der Waals surface area contributed by atoms with Crippen molar-refractivity contribution < 1.29 is 0 Å². The maximum absolute atomic E-state index is 3.92. The summed E-state index contributed by atoms with van der Waals surface area (Å²) in [6, 6.07) is 0. The van der Waals surface area contributed by atoms with Crippen LogP contribution < -0.4 is 0 Å². The Balaban J connectivity index is 2.79. The summed E-state index contributed by atoms with van der Waals surface area (Å²) >= 11 is 1.27. The van der Waals surface area contributed by atoms with Crippen LogP contribution in [0.1, 0.15) is 0 Å². The third kappa shape index (κ3) is 0.655. The Kier molecular flexibility index (Phi) is 0.895. The van der Waals surface area contributed by atoms with Crippen LogP contribution in [0, 0.1) is 0 Å². The SMILES string of the molecule is c1nc2csnnc-2n1. The molecule has 0 unspecified atom stereocenters. The maximum Gasteiger partial charge on any atom is 0.203 e. The summed E-state index contributed by atoms with van der Waals surface area (Å²) in [7, 11) is 0. The first kappa shape index (κ1) is 4.75. The average molecular weight is 138 g/mol. The van der Waals surface area contributed by atoms with Crippen LogP contribution in [-0.4, -0.2) is 19.6 Å². The first-order valence-corrected chi connectivity index (χ1v) is 3.18. The number of aromatic nitrogens is 4. The molecule has 4 nitrogen and oxygen atoms in total. The van der Waals surface area contributed by atoms with E-state index in [1.807, 2.05) is 5.38 Å². The van der Waals surface area contributed by atoms with Gasteiger partial charge in [-0.2, -0.15) is 0 Å². The van der Waals surface area contributed by atoms with Crippen LogP contribution in [0.15, 0.2) is 11.7 Å². The molecule has 2 rings (SSSR count). The van der Waals surface area contributed by atoms with Crippen molar-refractivity contribution >= 4 is 11.5 Å². The highest BCUT2D eigenvalue weighted by Crippen LogP contribution is 2.11. The van der Waals surface area contributed by atoms with Gasteiger partial charge in [-0.25, -0.2) is 9.97 Å². The van der Waals surface area contributed by atoms with E-state index >= 15 is 0 Å². The fourth-order valence-corrected chi connectivity index (χ4v) is 1.00. The molecule has 0 bridgehead atoms. The van der Waals surface area contributed by atoms with Crippen LogP contribution in [0.2, 0.25) is 0 Å². The minimum Gasteiger partial charge on any atom is -0.232 e. The van der Waals surface area contributed by atoms with E-state index in [1.165, 1.54) is 17.9 Å². The molecule has 0 atom stereocenters. The Bertz CT molecular complexity index is 253. The molecule has 9 heavy (non-hydrogen) atoms. The molecule has 0 amide bonds. The van der Waals surface area contributed by atoms with Crippen molar-refractivity contribution in [1.82, 2.24) is 19.6 Å². The third-order valence-electron chi connectivity index (χ3n) is 0.953. The molecule has 0 fully saturated rings. The van der Waals surface area contributed by atoms with Crippen molar-refractivity contribution in [2.45, 2.75) is 0 Å². The van der Waals surface area contributed by atoms with Gasteiger partial charge in [0.05, 0.1) is 0 Å². The minimum atomic E-state index is 0.619. The third-order valence-corrected chi connectivity index (χ3v) is 1.46. The molecule has 0 aromatic heterocycles. The molecule has 0 saturated heterocycles.